The highest BCUT2D eigenvalue weighted by Crippen LogP contribution is 2.37. The summed E-state index contributed by atoms with van der Waals surface area (Å²) in [6, 6.07) is 6.55. The predicted octanol–water partition coefficient (Wildman–Crippen LogP) is 4.22. The van der Waals surface area contributed by atoms with E-state index in [1.807, 2.05) is 0 Å². The average Bonchev–Trinajstić information content (AvgIpc) is 2.47. The van der Waals surface area contributed by atoms with Crippen LogP contribution >= 0.6 is 0 Å². The molecule has 106 valence electrons. The van der Waals surface area contributed by atoms with E-state index >= 15 is 0 Å². The highest BCUT2D eigenvalue weighted by molar-refractivity contribution is 5.38. The van der Waals surface area contributed by atoms with Crippen molar-refractivity contribution in [2.45, 2.75) is 52.0 Å². The number of hydrogen-bond donors (Lipinski definition) is 1. The molecule has 0 radical (unpaired) electrons. The topological polar surface area (TPSA) is 35.2 Å². The smallest absolute Gasteiger partial charge is 0.122 e. The molecule has 19 heavy (non-hydrogen) atoms. The molecule has 2 rings (SSSR count). The van der Waals surface area contributed by atoms with Crippen molar-refractivity contribution < 1.29 is 4.74 Å². The van der Waals surface area contributed by atoms with Crippen LogP contribution in [-0.4, -0.2) is 7.11 Å². The van der Waals surface area contributed by atoms with Gasteiger partial charge < -0.3 is 10.5 Å². The Hall–Kier alpha value is -1.02. The van der Waals surface area contributed by atoms with Crippen molar-refractivity contribution in [3.8, 4) is 5.75 Å². The normalized spacial score (nSPS) is 25.1. The Balaban J connectivity index is 2.05. The third kappa shape index (κ3) is 3.30. The van der Waals surface area contributed by atoms with Crippen LogP contribution in [0.1, 0.15) is 56.2 Å². The van der Waals surface area contributed by atoms with Crippen LogP contribution in [0.15, 0.2) is 18.2 Å². The summed E-state index contributed by atoms with van der Waals surface area (Å²) in [4.78, 5) is 0. The van der Waals surface area contributed by atoms with Crippen LogP contribution in [0, 0.1) is 18.8 Å². The monoisotopic (exact) mass is 261 g/mol. The maximum absolute atomic E-state index is 6.47. The molecule has 1 aliphatic rings. The van der Waals surface area contributed by atoms with E-state index < -0.39 is 0 Å². The van der Waals surface area contributed by atoms with Gasteiger partial charge in [0.1, 0.15) is 5.75 Å². The highest BCUT2D eigenvalue weighted by Gasteiger charge is 2.25. The Morgan fingerprint density at radius 3 is 2.53 bits per heavy atom. The highest BCUT2D eigenvalue weighted by atomic mass is 16.5. The Labute approximate surface area is 117 Å². The SMILES string of the molecule is CCC1CCC(C(N)c2ccc(C)c(OC)c2)CC1. The first kappa shape index (κ1) is 14.4. The molecule has 1 atom stereocenters. The zero-order chi connectivity index (χ0) is 13.8. The Kier molecular flexibility index (Phi) is 4.87. The van der Waals surface area contributed by atoms with E-state index in [0.717, 1.165) is 11.7 Å². The lowest BCUT2D eigenvalue weighted by Crippen LogP contribution is -2.26. The van der Waals surface area contributed by atoms with Crippen LogP contribution in [0.5, 0.6) is 5.75 Å². The number of nitrogens with two attached hydrogens (primary N) is 1. The van der Waals surface area contributed by atoms with Gasteiger partial charge in [-0.1, -0.05) is 38.3 Å². The summed E-state index contributed by atoms with van der Waals surface area (Å²) in [7, 11) is 1.73. The number of aryl methyl sites for hydroxylation is 1. The molecule has 2 N–H and O–H groups in total. The van der Waals surface area contributed by atoms with Crippen molar-refractivity contribution in [2.24, 2.45) is 17.6 Å². The fraction of sp³-hybridized carbons (Fsp3) is 0.647. The number of methoxy groups -OCH3 is 1. The first-order valence-electron chi connectivity index (χ1n) is 7.55. The van der Waals surface area contributed by atoms with Crippen molar-refractivity contribution in [3.05, 3.63) is 29.3 Å². The van der Waals surface area contributed by atoms with Crippen LogP contribution < -0.4 is 10.5 Å². The van der Waals surface area contributed by atoms with Gasteiger partial charge in [-0.25, -0.2) is 0 Å². The van der Waals surface area contributed by atoms with Gasteiger partial charge in [0.05, 0.1) is 7.11 Å². The standard InChI is InChI=1S/C17H27NO/c1-4-13-6-9-14(10-7-13)17(18)15-8-5-12(2)16(11-15)19-3/h5,8,11,13-14,17H,4,6-7,9-10,18H2,1-3H3. The van der Waals surface area contributed by atoms with Gasteiger partial charge in [-0.2, -0.15) is 0 Å². The molecular weight excluding hydrogens is 234 g/mol. The van der Waals surface area contributed by atoms with Gasteiger partial charge in [0.25, 0.3) is 0 Å². The van der Waals surface area contributed by atoms with Crippen molar-refractivity contribution in [3.63, 3.8) is 0 Å². The van der Waals surface area contributed by atoms with Crippen LogP contribution in [0.2, 0.25) is 0 Å². The first-order valence-corrected chi connectivity index (χ1v) is 7.55. The van der Waals surface area contributed by atoms with Crippen molar-refractivity contribution >= 4 is 0 Å². The summed E-state index contributed by atoms with van der Waals surface area (Å²) in [5.74, 6) is 2.52. The molecule has 1 saturated carbocycles. The molecule has 0 saturated heterocycles. The van der Waals surface area contributed by atoms with Gasteiger partial charge in [0.2, 0.25) is 0 Å². The summed E-state index contributed by atoms with van der Waals surface area (Å²) < 4.78 is 5.40. The molecule has 1 unspecified atom stereocenters. The lowest BCUT2D eigenvalue weighted by Gasteiger charge is -2.32. The van der Waals surface area contributed by atoms with Crippen molar-refractivity contribution in [2.75, 3.05) is 7.11 Å². The summed E-state index contributed by atoms with van der Waals surface area (Å²) in [6.07, 6.45) is 6.56. The molecule has 2 heteroatoms. The van der Waals surface area contributed by atoms with Crippen molar-refractivity contribution in [1.29, 1.82) is 0 Å². The number of rotatable bonds is 4. The zero-order valence-corrected chi connectivity index (χ0v) is 12.5. The van der Waals surface area contributed by atoms with E-state index in [1.54, 1.807) is 7.11 Å². The molecule has 1 aliphatic carbocycles. The summed E-state index contributed by atoms with van der Waals surface area (Å²) in [6.45, 7) is 4.37. The van der Waals surface area contributed by atoms with Crippen molar-refractivity contribution in [1.82, 2.24) is 0 Å². The quantitative estimate of drug-likeness (QED) is 0.880. The minimum absolute atomic E-state index is 0.160. The molecule has 0 spiro atoms. The fourth-order valence-corrected chi connectivity index (χ4v) is 3.27. The predicted molar refractivity (Wildman–Crippen MR) is 80.4 cm³/mol. The van der Waals surface area contributed by atoms with E-state index in [4.69, 9.17) is 10.5 Å². The third-order valence-corrected chi connectivity index (χ3v) is 4.79. The second-order valence-corrected chi connectivity index (χ2v) is 5.94. The molecule has 0 amide bonds. The molecule has 0 bridgehead atoms. The van der Waals surface area contributed by atoms with Crippen LogP contribution in [-0.2, 0) is 0 Å². The van der Waals surface area contributed by atoms with E-state index in [2.05, 4.69) is 32.0 Å². The molecule has 0 heterocycles. The Morgan fingerprint density at radius 1 is 1.26 bits per heavy atom. The fourth-order valence-electron chi connectivity index (χ4n) is 3.27. The molecule has 0 aromatic heterocycles. The average molecular weight is 261 g/mol. The minimum atomic E-state index is 0.160. The molecule has 1 aromatic rings. The van der Waals surface area contributed by atoms with Gasteiger partial charge in [-0.3, -0.25) is 0 Å². The Morgan fingerprint density at radius 2 is 1.95 bits per heavy atom. The van der Waals surface area contributed by atoms with Crippen LogP contribution in [0.3, 0.4) is 0 Å². The number of ether oxygens (including phenoxy) is 1. The zero-order valence-electron chi connectivity index (χ0n) is 12.5. The molecule has 0 aliphatic heterocycles. The Bertz CT molecular complexity index is 408. The number of hydrogen-bond acceptors (Lipinski definition) is 2. The molecule has 2 nitrogen and oxygen atoms in total. The van der Waals surface area contributed by atoms with Gasteiger partial charge in [-0.05, 0) is 48.8 Å². The van der Waals surface area contributed by atoms with Gasteiger partial charge in [0.15, 0.2) is 0 Å². The summed E-state index contributed by atoms with van der Waals surface area (Å²) >= 11 is 0. The van der Waals surface area contributed by atoms with Crippen LogP contribution in [0.25, 0.3) is 0 Å². The van der Waals surface area contributed by atoms with E-state index in [-0.39, 0.29) is 6.04 Å². The van der Waals surface area contributed by atoms with Gasteiger partial charge in [0, 0.05) is 6.04 Å². The largest absolute Gasteiger partial charge is 0.496 e. The molecule has 1 fully saturated rings. The van der Waals surface area contributed by atoms with Gasteiger partial charge >= 0.3 is 0 Å². The first-order chi connectivity index (χ1) is 9.15. The number of benzene rings is 1. The maximum Gasteiger partial charge on any atom is 0.122 e. The van der Waals surface area contributed by atoms with E-state index in [0.29, 0.717) is 5.92 Å². The second kappa shape index (κ2) is 6.42. The third-order valence-electron chi connectivity index (χ3n) is 4.79. The van der Waals surface area contributed by atoms with Crippen LogP contribution in [0.4, 0.5) is 0 Å². The van der Waals surface area contributed by atoms with Gasteiger partial charge in [-0.15, -0.1) is 0 Å². The summed E-state index contributed by atoms with van der Waals surface area (Å²) in [5.41, 5.74) is 8.87. The maximum atomic E-state index is 6.47. The lowest BCUT2D eigenvalue weighted by molar-refractivity contribution is 0.239. The summed E-state index contributed by atoms with van der Waals surface area (Å²) in [5, 5.41) is 0. The van der Waals surface area contributed by atoms with E-state index in [9.17, 15) is 0 Å². The minimum Gasteiger partial charge on any atom is -0.496 e. The molecule has 1 aromatic carbocycles. The molecular formula is C17H27NO. The lowest BCUT2D eigenvalue weighted by atomic mass is 9.76. The van der Waals surface area contributed by atoms with E-state index in [1.165, 1.54) is 43.2 Å². The second-order valence-electron chi connectivity index (χ2n) is 5.94.